The fourth-order valence-corrected chi connectivity index (χ4v) is 1.84. The number of anilines is 1. The van der Waals surface area contributed by atoms with E-state index in [1.54, 1.807) is 32.9 Å². The van der Waals surface area contributed by atoms with Gasteiger partial charge in [0.2, 0.25) is 0 Å². The minimum atomic E-state index is -0.770. The van der Waals surface area contributed by atoms with Gasteiger partial charge in [0, 0.05) is 5.56 Å². The van der Waals surface area contributed by atoms with Crippen LogP contribution in [0, 0.1) is 11.3 Å². The molecule has 1 heterocycles. The molecule has 0 radical (unpaired) electrons. The third-order valence-corrected chi connectivity index (χ3v) is 2.72. The van der Waals surface area contributed by atoms with Gasteiger partial charge in [0.1, 0.15) is 28.7 Å². The minimum Gasteiger partial charge on any atom is -0.508 e. The molecule has 0 saturated carbocycles. The van der Waals surface area contributed by atoms with Crippen molar-refractivity contribution >= 4 is 11.9 Å². The molecule has 7 nitrogen and oxygen atoms in total. The minimum absolute atomic E-state index is 0.0202. The molecule has 22 heavy (non-hydrogen) atoms. The Morgan fingerprint density at radius 2 is 2.14 bits per heavy atom. The number of nitrogens with two attached hydrogens (primary N) is 1. The molecule has 0 aliphatic heterocycles. The first-order chi connectivity index (χ1) is 10.2. The highest BCUT2D eigenvalue weighted by Crippen LogP contribution is 2.29. The Balaban J connectivity index is 2.53. The molecule has 0 aliphatic rings. The molecule has 1 aromatic carbocycles. The van der Waals surface area contributed by atoms with Gasteiger partial charge in [0.25, 0.3) is 0 Å². The van der Waals surface area contributed by atoms with Gasteiger partial charge in [0.15, 0.2) is 5.82 Å². The number of phenolic OH excluding ortho intramolecular Hbond substituents is 1. The van der Waals surface area contributed by atoms with E-state index in [-0.39, 0.29) is 22.8 Å². The maximum Gasteiger partial charge on any atom is 0.437 e. The molecule has 114 valence electrons. The fourth-order valence-electron chi connectivity index (χ4n) is 1.84. The predicted molar refractivity (Wildman–Crippen MR) is 80.1 cm³/mol. The quantitative estimate of drug-likeness (QED) is 0.836. The Kier molecular flexibility index (Phi) is 3.78. The van der Waals surface area contributed by atoms with Crippen LogP contribution in [0.4, 0.5) is 10.6 Å². The largest absolute Gasteiger partial charge is 0.508 e. The summed E-state index contributed by atoms with van der Waals surface area (Å²) in [6.45, 7) is 5.14. The van der Waals surface area contributed by atoms with Gasteiger partial charge >= 0.3 is 6.09 Å². The van der Waals surface area contributed by atoms with Crippen molar-refractivity contribution in [3.8, 4) is 23.1 Å². The van der Waals surface area contributed by atoms with E-state index in [0.29, 0.717) is 5.56 Å². The number of nitriles is 1. The Morgan fingerprint density at radius 1 is 1.45 bits per heavy atom. The number of hydrogen-bond donors (Lipinski definition) is 2. The van der Waals surface area contributed by atoms with Crippen molar-refractivity contribution in [2.75, 3.05) is 5.73 Å². The molecule has 7 heteroatoms. The van der Waals surface area contributed by atoms with Gasteiger partial charge in [-0.05, 0) is 32.9 Å². The first-order valence-corrected chi connectivity index (χ1v) is 6.54. The van der Waals surface area contributed by atoms with Gasteiger partial charge in [-0.25, -0.2) is 4.79 Å². The van der Waals surface area contributed by atoms with Gasteiger partial charge in [-0.3, -0.25) is 0 Å². The van der Waals surface area contributed by atoms with Crippen LogP contribution >= 0.6 is 0 Å². The average Bonchev–Trinajstić information content (AvgIpc) is 2.73. The summed E-state index contributed by atoms with van der Waals surface area (Å²) in [6.07, 6.45) is -0.770. The van der Waals surface area contributed by atoms with Crippen molar-refractivity contribution in [1.29, 1.82) is 5.26 Å². The number of nitrogen functional groups attached to an aromatic ring is 1. The standard InChI is InChI=1S/C15H16N4O3/c1-15(2,3)22-14(21)19-13(17)11(8-16)12(18-19)9-5-4-6-10(20)7-9/h4-7,20H,17H2,1-3H3. The molecular formula is C15H16N4O3. The lowest BCUT2D eigenvalue weighted by Crippen LogP contribution is -2.28. The van der Waals surface area contributed by atoms with Gasteiger partial charge in [-0.15, -0.1) is 4.68 Å². The highest BCUT2D eigenvalue weighted by Gasteiger charge is 2.25. The number of carbonyl (C=O) groups is 1. The Morgan fingerprint density at radius 3 is 2.68 bits per heavy atom. The summed E-state index contributed by atoms with van der Waals surface area (Å²) in [5, 5.41) is 22.9. The number of hydrogen-bond acceptors (Lipinski definition) is 6. The molecule has 1 aromatic heterocycles. The summed E-state index contributed by atoms with van der Waals surface area (Å²) in [4.78, 5) is 12.1. The second-order valence-corrected chi connectivity index (χ2v) is 5.66. The lowest BCUT2D eigenvalue weighted by atomic mass is 10.1. The second kappa shape index (κ2) is 5.41. The Hall–Kier alpha value is -3.01. The Bertz CT molecular complexity index is 766. The second-order valence-electron chi connectivity index (χ2n) is 5.66. The normalized spacial score (nSPS) is 11.0. The van der Waals surface area contributed by atoms with Gasteiger partial charge in [0.05, 0.1) is 0 Å². The zero-order valence-electron chi connectivity index (χ0n) is 12.5. The number of aromatic hydroxyl groups is 1. The van der Waals surface area contributed by atoms with Crippen LogP contribution in [0.25, 0.3) is 11.3 Å². The van der Waals surface area contributed by atoms with E-state index in [1.165, 1.54) is 12.1 Å². The van der Waals surface area contributed by atoms with Crippen LogP contribution in [0.15, 0.2) is 24.3 Å². The van der Waals surface area contributed by atoms with Crippen LogP contribution in [0.2, 0.25) is 0 Å². The number of ether oxygens (including phenoxy) is 1. The third kappa shape index (κ3) is 3.01. The van der Waals surface area contributed by atoms with Crippen molar-refractivity contribution in [2.24, 2.45) is 0 Å². The highest BCUT2D eigenvalue weighted by atomic mass is 16.6. The topological polar surface area (TPSA) is 114 Å². The zero-order chi connectivity index (χ0) is 16.5. The molecule has 2 aromatic rings. The fraction of sp³-hybridized carbons (Fsp3) is 0.267. The summed E-state index contributed by atoms with van der Waals surface area (Å²) in [5.41, 5.74) is 5.85. The van der Waals surface area contributed by atoms with Crippen molar-refractivity contribution < 1.29 is 14.6 Å². The number of nitrogens with zero attached hydrogens (tertiary/aromatic N) is 3. The molecule has 0 unspecified atom stereocenters. The molecular weight excluding hydrogens is 284 g/mol. The molecule has 0 bridgehead atoms. The summed E-state index contributed by atoms with van der Waals surface area (Å²) in [7, 11) is 0. The Labute approximate surface area is 127 Å². The van der Waals surface area contributed by atoms with E-state index in [2.05, 4.69) is 5.10 Å². The molecule has 0 saturated heterocycles. The van der Waals surface area contributed by atoms with E-state index < -0.39 is 11.7 Å². The molecule has 0 atom stereocenters. The third-order valence-electron chi connectivity index (χ3n) is 2.72. The van der Waals surface area contributed by atoms with Crippen LogP contribution in [0.1, 0.15) is 26.3 Å². The van der Waals surface area contributed by atoms with Gasteiger partial charge in [-0.2, -0.15) is 10.4 Å². The number of phenols is 1. The van der Waals surface area contributed by atoms with E-state index in [1.807, 2.05) is 6.07 Å². The summed E-state index contributed by atoms with van der Waals surface area (Å²) in [6, 6.07) is 8.10. The van der Waals surface area contributed by atoms with Crippen LogP contribution in [0.5, 0.6) is 5.75 Å². The molecule has 0 spiro atoms. The van der Waals surface area contributed by atoms with Gasteiger partial charge < -0.3 is 15.6 Å². The van der Waals surface area contributed by atoms with E-state index in [0.717, 1.165) is 4.68 Å². The van der Waals surface area contributed by atoms with E-state index in [4.69, 9.17) is 10.5 Å². The van der Waals surface area contributed by atoms with Crippen molar-refractivity contribution in [3.05, 3.63) is 29.8 Å². The molecule has 3 N–H and O–H groups in total. The van der Waals surface area contributed by atoms with Gasteiger partial charge in [-0.1, -0.05) is 12.1 Å². The summed E-state index contributed by atoms with van der Waals surface area (Å²) >= 11 is 0. The highest BCUT2D eigenvalue weighted by molar-refractivity contribution is 5.81. The first-order valence-electron chi connectivity index (χ1n) is 6.54. The zero-order valence-corrected chi connectivity index (χ0v) is 12.5. The predicted octanol–water partition coefficient (Wildman–Crippen LogP) is 2.49. The van der Waals surface area contributed by atoms with Crippen LogP contribution in [0.3, 0.4) is 0 Å². The maximum atomic E-state index is 12.1. The number of benzene rings is 1. The van der Waals surface area contributed by atoms with E-state index >= 15 is 0 Å². The molecule has 0 amide bonds. The monoisotopic (exact) mass is 300 g/mol. The van der Waals surface area contributed by atoms with Crippen LogP contribution < -0.4 is 5.73 Å². The first kappa shape index (κ1) is 15.4. The van der Waals surface area contributed by atoms with Crippen LogP contribution in [-0.2, 0) is 4.74 Å². The maximum absolute atomic E-state index is 12.1. The molecule has 2 rings (SSSR count). The summed E-state index contributed by atoms with van der Waals surface area (Å²) in [5.74, 6) is -0.0816. The number of aromatic nitrogens is 2. The number of rotatable bonds is 1. The SMILES string of the molecule is CC(C)(C)OC(=O)n1nc(-c2cccc(O)c2)c(C#N)c1N. The summed E-state index contributed by atoms with van der Waals surface area (Å²) < 4.78 is 6.05. The lowest BCUT2D eigenvalue weighted by Gasteiger charge is -2.19. The average molecular weight is 300 g/mol. The molecule has 0 fully saturated rings. The number of carbonyl (C=O) groups excluding carboxylic acids is 1. The van der Waals surface area contributed by atoms with Crippen molar-refractivity contribution in [3.63, 3.8) is 0 Å². The van der Waals surface area contributed by atoms with Crippen molar-refractivity contribution in [2.45, 2.75) is 26.4 Å². The smallest absolute Gasteiger partial charge is 0.437 e. The molecule has 0 aliphatic carbocycles. The van der Waals surface area contributed by atoms with Crippen molar-refractivity contribution in [1.82, 2.24) is 9.78 Å². The lowest BCUT2D eigenvalue weighted by molar-refractivity contribution is 0.0519. The van der Waals surface area contributed by atoms with E-state index in [9.17, 15) is 15.2 Å². The van der Waals surface area contributed by atoms with Crippen LogP contribution in [-0.4, -0.2) is 26.6 Å².